The molecule has 6 heteroatoms. The molecule has 1 atom stereocenters. The Balaban J connectivity index is 1.53. The first-order chi connectivity index (χ1) is 15.7. The molecule has 2 aromatic carbocycles. The molecule has 2 heterocycles. The van der Waals surface area contributed by atoms with E-state index in [0.717, 1.165) is 26.1 Å². The molecule has 6 nitrogen and oxygen atoms in total. The van der Waals surface area contributed by atoms with Crippen molar-refractivity contribution in [1.82, 2.24) is 10.1 Å². The molecule has 4 rings (SSSR count). The third-order valence-electron chi connectivity index (χ3n) is 6.10. The molecule has 32 heavy (non-hydrogen) atoms. The van der Waals surface area contributed by atoms with E-state index in [1.165, 1.54) is 25.5 Å². The molecule has 0 saturated carbocycles. The van der Waals surface area contributed by atoms with Crippen LogP contribution in [0.25, 0.3) is 0 Å². The highest BCUT2D eigenvalue weighted by molar-refractivity contribution is 5.85. The van der Waals surface area contributed by atoms with Crippen LogP contribution in [0, 0.1) is 0 Å². The summed E-state index contributed by atoms with van der Waals surface area (Å²) in [5.41, 5.74) is -0.440. The Bertz CT molecular complexity index is 915. The second-order valence-corrected chi connectivity index (χ2v) is 8.31. The maximum Gasteiger partial charge on any atom is 0.348 e. The first kappa shape index (κ1) is 22.2. The van der Waals surface area contributed by atoms with Crippen LogP contribution in [0.15, 0.2) is 77.5 Å². The summed E-state index contributed by atoms with van der Waals surface area (Å²) in [6, 6.07) is 19.5. The summed E-state index contributed by atoms with van der Waals surface area (Å²) in [6.45, 7) is 3.19. The lowest BCUT2D eigenvalue weighted by molar-refractivity contribution is -0.169. The molecule has 3 aromatic rings. The molecule has 0 unspecified atom stereocenters. The zero-order valence-electron chi connectivity index (χ0n) is 18.2. The molecule has 1 aliphatic heterocycles. The summed E-state index contributed by atoms with van der Waals surface area (Å²) in [5, 5.41) is 15.7. The largest absolute Gasteiger partial charge is 0.453 e. The predicted molar refractivity (Wildman–Crippen MR) is 121 cm³/mol. The second-order valence-electron chi connectivity index (χ2n) is 8.31. The zero-order valence-corrected chi connectivity index (χ0v) is 18.2. The Hall–Kier alpha value is -2.96. The van der Waals surface area contributed by atoms with Gasteiger partial charge in [-0.3, -0.25) is 0 Å². The van der Waals surface area contributed by atoms with Gasteiger partial charge in [0.05, 0.1) is 0 Å². The first-order valence-electron chi connectivity index (χ1n) is 11.3. The summed E-state index contributed by atoms with van der Waals surface area (Å²) in [7, 11) is 0. The first-order valence-corrected chi connectivity index (χ1v) is 11.3. The minimum atomic E-state index is -1.92. The van der Waals surface area contributed by atoms with Crippen LogP contribution in [0.3, 0.4) is 0 Å². The van der Waals surface area contributed by atoms with E-state index in [4.69, 9.17) is 9.26 Å². The average Bonchev–Trinajstić information content (AvgIpc) is 3.39. The molecule has 1 fully saturated rings. The van der Waals surface area contributed by atoms with Gasteiger partial charge in [-0.1, -0.05) is 72.2 Å². The number of likely N-dealkylation sites (tertiary alicyclic amines) is 1. The van der Waals surface area contributed by atoms with E-state index in [2.05, 4.69) is 10.1 Å². The van der Waals surface area contributed by atoms with Gasteiger partial charge >= 0.3 is 5.97 Å². The van der Waals surface area contributed by atoms with E-state index < -0.39 is 17.7 Å². The van der Waals surface area contributed by atoms with E-state index >= 15 is 0 Å². The minimum absolute atomic E-state index is 0.461. The van der Waals surface area contributed by atoms with Crippen LogP contribution in [0.4, 0.5) is 0 Å². The maximum atomic E-state index is 13.5. The molecule has 168 valence electrons. The van der Waals surface area contributed by atoms with Gasteiger partial charge in [0, 0.05) is 6.07 Å². The zero-order chi connectivity index (χ0) is 22.2. The number of hydrogen-bond donors (Lipinski definition) is 1. The van der Waals surface area contributed by atoms with Gasteiger partial charge in [-0.2, -0.15) is 0 Å². The Morgan fingerprint density at radius 1 is 1.00 bits per heavy atom. The summed E-state index contributed by atoms with van der Waals surface area (Å²) >= 11 is 0. The SMILES string of the molecule is O=C(O[C@H](CCCN1CCCCC1)c1ccon1)C(O)(c1ccccc1)c1ccccc1. The van der Waals surface area contributed by atoms with Gasteiger partial charge in [0.2, 0.25) is 5.60 Å². The smallest absolute Gasteiger partial charge is 0.348 e. The second kappa shape index (κ2) is 10.6. The fraction of sp³-hybridized carbons (Fsp3) is 0.385. The van der Waals surface area contributed by atoms with Gasteiger partial charge in [-0.05, 0) is 56.4 Å². The molecule has 0 amide bonds. The van der Waals surface area contributed by atoms with Crippen LogP contribution in [0.1, 0.15) is 55.0 Å². The minimum Gasteiger partial charge on any atom is -0.453 e. The number of esters is 1. The summed E-state index contributed by atoms with van der Waals surface area (Å²) in [6.07, 6.45) is 6.12. The van der Waals surface area contributed by atoms with Crippen LogP contribution >= 0.6 is 0 Å². The van der Waals surface area contributed by atoms with Gasteiger partial charge in [0.25, 0.3) is 0 Å². The molecule has 1 N–H and O–H groups in total. The summed E-state index contributed by atoms with van der Waals surface area (Å²) < 4.78 is 10.9. The molecular weight excluding hydrogens is 404 g/mol. The number of benzene rings is 2. The molecule has 1 saturated heterocycles. The van der Waals surface area contributed by atoms with E-state index in [0.29, 0.717) is 23.2 Å². The Morgan fingerprint density at radius 2 is 1.62 bits per heavy atom. The molecule has 0 bridgehead atoms. The van der Waals surface area contributed by atoms with Gasteiger partial charge in [-0.25, -0.2) is 4.79 Å². The number of nitrogens with zero attached hydrogens (tertiary/aromatic N) is 2. The Labute approximate surface area is 188 Å². The predicted octanol–water partition coefficient (Wildman–Crippen LogP) is 4.46. The number of ether oxygens (including phenoxy) is 1. The summed E-state index contributed by atoms with van der Waals surface area (Å²) in [4.78, 5) is 15.9. The maximum absolute atomic E-state index is 13.5. The molecule has 1 aromatic heterocycles. The number of aliphatic hydroxyl groups is 1. The number of aromatic nitrogens is 1. The van der Waals surface area contributed by atoms with Gasteiger partial charge in [-0.15, -0.1) is 0 Å². The van der Waals surface area contributed by atoms with Crippen molar-refractivity contribution in [3.63, 3.8) is 0 Å². The highest BCUT2D eigenvalue weighted by Gasteiger charge is 2.43. The van der Waals surface area contributed by atoms with Crippen LogP contribution in [-0.2, 0) is 15.1 Å². The number of carbonyl (C=O) groups excluding carboxylic acids is 1. The van der Waals surface area contributed by atoms with Gasteiger partial charge in [0.15, 0.2) is 0 Å². The van der Waals surface area contributed by atoms with Crippen molar-refractivity contribution in [2.75, 3.05) is 19.6 Å². The number of carbonyl (C=O) groups is 1. The monoisotopic (exact) mass is 434 g/mol. The van der Waals surface area contributed by atoms with Crippen LogP contribution in [0.2, 0.25) is 0 Å². The van der Waals surface area contributed by atoms with E-state index in [1.54, 1.807) is 54.6 Å². The number of hydrogen-bond acceptors (Lipinski definition) is 6. The quantitative estimate of drug-likeness (QED) is 0.501. The normalized spacial score (nSPS) is 15.9. The van der Waals surface area contributed by atoms with Crippen molar-refractivity contribution in [3.8, 4) is 0 Å². The third-order valence-corrected chi connectivity index (χ3v) is 6.10. The lowest BCUT2D eigenvalue weighted by Crippen LogP contribution is -2.39. The van der Waals surface area contributed by atoms with E-state index in [1.807, 2.05) is 12.1 Å². The summed E-state index contributed by atoms with van der Waals surface area (Å²) in [5.74, 6) is -0.721. The van der Waals surface area contributed by atoms with Crippen molar-refractivity contribution in [3.05, 3.63) is 89.8 Å². The molecule has 0 aliphatic carbocycles. The topological polar surface area (TPSA) is 75.8 Å². The van der Waals surface area contributed by atoms with Gasteiger partial charge in [0.1, 0.15) is 18.1 Å². The van der Waals surface area contributed by atoms with Crippen molar-refractivity contribution < 1.29 is 19.2 Å². The van der Waals surface area contributed by atoms with Crippen LogP contribution < -0.4 is 0 Å². The number of piperidine rings is 1. The van der Waals surface area contributed by atoms with Crippen molar-refractivity contribution >= 4 is 5.97 Å². The third kappa shape index (κ3) is 5.09. The lowest BCUT2D eigenvalue weighted by atomic mass is 9.86. The average molecular weight is 435 g/mol. The Morgan fingerprint density at radius 3 is 2.19 bits per heavy atom. The van der Waals surface area contributed by atoms with Crippen LogP contribution in [-0.4, -0.2) is 40.8 Å². The van der Waals surface area contributed by atoms with Crippen molar-refractivity contribution in [1.29, 1.82) is 0 Å². The fourth-order valence-corrected chi connectivity index (χ4v) is 4.31. The standard InChI is InChI=1S/C26H30N2O4/c29-25(26(30,21-11-4-1-5-12-21)22-13-6-2-7-14-22)32-24(23-16-20-31-27-23)15-10-19-28-17-8-3-9-18-28/h1-2,4-7,11-14,16,20,24,30H,3,8-10,15,17-19H2/t24-/m1/s1. The molecule has 0 spiro atoms. The lowest BCUT2D eigenvalue weighted by Gasteiger charge is -2.30. The molecule has 1 aliphatic rings. The van der Waals surface area contributed by atoms with E-state index in [-0.39, 0.29) is 0 Å². The van der Waals surface area contributed by atoms with E-state index in [9.17, 15) is 9.90 Å². The van der Waals surface area contributed by atoms with Gasteiger partial charge < -0.3 is 19.3 Å². The molecule has 0 radical (unpaired) electrons. The Kier molecular flexibility index (Phi) is 7.35. The number of rotatable bonds is 9. The highest BCUT2D eigenvalue weighted by Crippen LogP contribution is 2.34. The fourth-order valence-electron chi connectivity index (χ4n) is 4.31. The highest BCUT2D eigenvalue weighted by atomic mass is 16.6. The van der Waals surface area contributed by atoms with Crippen molar-refractivity contribution in [2.24, 2.45) is 0 Å². The van der Waals surface area contributed by atoms with Crippen LogP contribution in [0.5, 0.6) is 0 Å². The van der Waals surface area contributed by atoms with Crippen molar-refractivity contribution in [2.45, 2.75) is 43.8 Å². The molecular formula is C26H30N2O4.